The highest BCUT2D eigenvalue weighted by molar-refractivity contribution is 8.14. The topological polar surface area (TPSA) is 154 Å². The van der Waals surface area contributed by atoms with Crippen molar-refractivity contribution in [1.29, 1.82) is 0 Å². The highest BCUT2D eigenvalue weighted by Gasteiger charge is 2.20. The van der Waals surface area contributed by atoms with Crippen LogP contribution in [0, 0.1) is 6.42 Å². The van der Waals surface area contributed by atoms with Gasteiger partial charge in [0, 0.05) is 0 Å². The van der Waals surface area contributed by atoms with Crippen LogP contribution >= 0.6 is 23.5 Å². The van der Waals surface area contributed by atoms with Crippen molar-refractivity contribution in [2.24, 2.45) is 16.5 Å². The molecule has 0 radical (unpaired) electrons. The smallest absolute Gasteiger partial charge is 0.276 e. The summed E-state index contributed by atoms with van der Waals surface area (Å²) in [7, 11) is 0. The standard InChI is InChI=1S/C20H20N4O5S2/c1-12-8-14(23-17(25)10-30-19(21)27)7-6-13(12)9-29-16-5-3-2-4-15(16)24-18(26)11-31-20(22)28/h2-8H,9-11H2,1H3,(H4-,21,22,24,26,27,28)/p+1. The van der Waals surface area contributed by atoms with E-state index in [1.807, 2.05) is 6.92 Å². The third-order valence-corrected chi connectivity index (χ3v) is 5.17. The second-order valence-electron chi connectivity index (χ2n) is 6.16. The number of carbonyl (C=O) groups is 4. The second-order valence-corrected chi connectivity index (χ2v) is 8.12. The highest BCUT2D eigenvalue weighted by Crippen LogP contribution is 2.26. The van der Waals surface area contributed by atoms with E-state index in [2.05, 4.69) is 10.3 Å². The largest absolute Gasteiger partial charge is 0.473 e. The molecule has 9 nitrogen and oxygen atoms in total. The first-order valence-corrected chi connectivity index (χ1v) is 10.9. The number of benzene rings is 1. The van der Waals surface area contributed by atoms with Crippen LogP contribution in [0.4, 0.5) is 15.3 Å². The molecule has 0 unspecified atom stereocenters. The molecule has 4 amide bonds. The number of thioether (sulfide) groups is 2. The zero-order chi connectivity index (χ0) is 22.8. The van der Waals surface area contributed by atoms with Gasteiger partial charge in [0.2, 0.25) is 5.91 Å². The molecule has 0 aromatic heterocycles. The van der Waals surface area contributed by atoms with Gasteiger partial charge in [-0.3, -0.25) is 19.2 Å². The van der Waals surface area contributed by atoms with E-state index in [1.54, 1.807) is 42.8 Å². The minimum atomic E-state index is -0.629. The van der Waals surface area contributed by atoms with Crippen molar-refractivity contribution in [2.45, 2.75) is 6.92 Å². The van der Waals surface area contributed by atoms with E-state index < -0.39 is 16.4 Å². The molecule has 0 saturated carbocycles. The van der Waals surface area contributed by atoms with E-state index in [9.17, 15) is 19.2 Å². The quantitative estimate of drug-likeness (QED) is 0.503. The predicted octanol–water partition coefficient (Wildman–Crippen LogP) is 2.69. The van der Waals surface area contributed by atoms with Gasteiger partial charge < -0.3 is 21.5 Å². The van der Waals surface area contributed by atoms with Crippen LogP contribution in [0.25, 0.3) is 0 Å². The van der Waals surface area contributed by atoms with E-state index in [-0.39, 0.29) is 24.0 Å². The summed E-state index contributed by atoms with van der Waals surface area (Å²) >= 11 is 1.42. The SMILES string of the molecule is CC1=CC(=NC(=O)CSC(N)=O)[CH+]C=C1COc1ccccc1NC(=O)CSC(N)=O. The van der Waals surface area contributed by atoms with E-state index >= 15 is 0 Å². The van der Waals surface area contributed by atoms with Gasteiger partial charge >= 0.3 is 0 Å². The number of nitrogens with zero attached hydrogens (tertiary/aromatic N) is 1. The Morgan fingerprint density at radius 1 is 1.10 bits per heavy atom. The number of para-hydroxylation sites is 2. The molecular weight excluding hydrogens is 440 g/mol. The molecule has 0 saturated heterocycles. The fourth-order valence-corrected chi connectivity index (χ4v) is 3.07. The number of hydrogen-bond donors (Lipinski definition) is 3. The Hall–Kier alpha value is -3.18. The Labute approximate surface area is 187 Å². The summed E-state index contributed by atoms with van der Waals surface area (Å²) in [5, 5.41) is 1.43. The average molecular weight is 462 g/mol. The van der Waals surface area contributed by atoms with Crippen molar-refractivity contribution >= 4 is 57.2 Å². The van der Waals surface area contributed by atoms with Gasteiger partial charge in [0.15, 0.2) is 12.3 Å². The molecule has 1 aromatic carbocycles. The van der Waals surface area contributed by atoms with Gasteiger partial charge in [0.1, 0.15) is 5.75 Å². The third kappa shape index (κ3) is 8.60. The Morgan fingerprint density at radius 2 is 1.77 bits per heavy atom. The number of carbonyl (C=O) groups excluding carboxylic acids is 4. The molecule has 162 valence electrons. The number of rotatable bonds is 8. The van der Waals surface area contributed by atoms with Gasteiger partial charge in [-0.1, -0.05) is 35.7 Å². The maximum absolute atomic E-state index is 11.9. The minimum absolute atomic E-state index is 0.0929. The monoisotopic (exact) mass is 461 g/mol. The van der Waals surface area contributed by atoms with Crippen molar-refractivity contribution in [3.8, 4) is 5.75 Å². The summed E-state index contributed by atoms with van der Waals surface area (Å²) in [6.45, 7) is 2.08. The number of ether oxygens (including phenoxy) is 1. The maximum Gasteiger partial charge on any atom is 0.276 e. The van der Waals surface area contributed by atoms with E-state index in [0.29, 0.717) is 40.7 Å². The molecule has 0 heterocycles. The Kier molecular flexibility index (Phi) is 9.22. The zero-order valence-corrected chi connectivity index (χ0v) is 18.3. The summed E-state index contributed by atoms with van der Waals surface area (Å²) in [5.74, 6) is -0.566. The van der Waals surface area contributed by atoms with Crippen molar-refractivity contribution in [1.82, 2.24) is 0 Å². The highest BCUT2D eigenvalue weighted by atomic mass is 32.2. The molecule has 1 aliphatic carbocycles. The lowest BCUT2D eigenvalue weighted by Crippen LogP contribution is -2.18. The molecule has 0 aliphatic heterocycles. The number of primary amides is 2. The van der Waals surface area contributed by atoms with Gasteiger partial charge in [-0.05, 0) is 19.1 Å². The first-order valence-electron chi connectivity index (χ1n) is 8.95. The van der Waals surface area contributed by atoms with E-state index in [4.69, 9.17) is 16.2 Å². The van der Waals surface area contributed by atoms with Crippen LogP contribution in [-0.4, -0.2) is 46.1 Å². The lowest BCUT2D eigenvalue weighted by atomic mass is 9.98. The van der Waals surface area contributed by atoms with E-state index in [1.165, 1.54) is 0 Å². The van der Waals surface area contributed by atoms with Gasteiger partial charge in [0.25, 0.3) is 16.4 Å². The molecule has 2 rings (SSSR count). The first kappa shape index (κ1) is 24.1. The van der Waals surface area contributed by atoms with Crippen molar-refractivity contribution in [3.05, 3.63) is 54.0 Å². The average Bonchev–Trinajstić information content (AvgIpc) is 2.71. The van der Waals surface area contributed by atoms with Gasteiger partial charge in [0.05, 0.1) is 46.9 Å². The van der Waals surface area contributed by atoms with Crippen LogP contribution in [0.5, 0.6) is 5.75 Å². The lowest BCUT2D eigenvalue weighted by molar-refractivity contribution is -0.115. The third-order valence-electron chi connectivity index (χ3n) is 3.81. The van der Waals surface area contributed by atoms with Crippen molar-refractivity contribution in [3.63, 3.8) is 0 Å². The Morgan fingerprint density at radius 3 is 2.45 bits per heavy atom. The van der Waals surface area contributed by atoms with Crippen LogP contribution < -0.4 is 21.5 Å². The second kappa shape index (κ2) is 11.9. The summed E-state index contributed by atoms with van der Waals surface area (Å²) in [5.41, 5.74) is 12.7. The lowest BCUT2D eigenvalue weighted by Gasteiger charge is -2.13. The fourth-order valence-electron chi connectivity index (χ4n) is 2.39. The van der Waals surface area contributed by atoms with E-state index in [0.717, 1.165) is 11.1 Å². The Balaban J connectivity index is 1.95. The number of nitrogens with one attached hydrogen (secondary N) is 1. The van der Waals surface area contributed by atoms with Crippen LogP contribution in [0.2, 0.25) is 0 Å². The molecule has 5 N–H and O–H groups in total. The number of aliphatic imine (C=N–C) groups is 1. The Bertz CT molecular complexity index is 972. The fraction of sp³-hybridized carbons (Fsp3) is 0.200. The number of anilines is 1. The molecule has 0 fully saturated rings. The van der Waals surface area contributed by atoms with Crippen molar-refractivity contribution < 1.29 is 23.9 Å². The molecule has 0 atom stereocenters. The minimum Gasteiger partial charge on any atom is -0.473 e. The number of amides is 4. The van der Waals surface area contributed by atoms with Crippen LogP contribution in [0.15, 0.2) is 52.6 Å². The molecule has 31 heavy (non-hydrogen) atoms. The van der Waals surface area contributed by atoms with Gasteiger partial charge in [-0.25, -0.2) is 0 Å². The van der Waals surface area contributed by atoms with Crippen LogP contribution in [0.3, 0.4) is 0 Å². The van der Waals surface area contributed by atoms with Gasteiger partial charge in [-0.2, -0.15) is 4.99 Å². The molecule has 0 spiro atoms. The van der Waals surface area contributed by atoms with Crippen molar-refractivity contribution in [2.75, 3.05) is 23.4 Å². The molecule has 0 bridgehead atoms. The molecular formula is C20H21N4O5S2+. The summed E-state index contributed by atoms with van der Waals surface area (Å²) in [4.78, 5) is 49.1. The van der Waals surface area contributed by atoms with Crippen LogP contribution in [0.1, 0.15) is 6.92 Å². The number of hydrogen-bond acceptors (Lipinski definition) is 7. The van der Waals surface area contributed by atoms with Crippen LogP contribution in [-0.2, 0) is 9.59 Å². The number of nitrogens with two attached hydrogens (primary N) is 2. The zero-order valence-electron chi connectivity index (χ0n) is 16.6. The summed E-state index contributed by atoms with van der Waals surface area (Å²) in [6, 6.07) is 6.92. The first-order chi connectivity index (χ1) is 14.7. The number of allylic oxidation sites excluding steroid dienone is 2. The summed E-state index contributed by atoms with van der Waals surface area (Å²) < 4.78 is 5.85. The predicted molar refractivity (Wildman–Crippen MR) is 123 cm³/mol. The maximum atomic E-state index is 11.9. The molecule has 1 aromatic rings. The van der Waals surface area contributed by atoms with Gasteiger partial charge in [-0.15, -0.1) is 0 Å². The molecule has 1 aliphatic rings. The molecule has 11 heteroatoms. The normalized spacial score (nSPS) is 14.2. The summed E-state index contributed by atoms with van der Waals surface area (Å²) in [6.07, 6.45) is 5.20.